The summed E-state index contributed by atoms with van der Waals surface area (Å²) in [5, 5.41) is 18.1. The first-order valence-electron chi connectivity index (χ1n) is 8.30. The smallest absolute Gasteiger partial charge is 0.353 e. The minimum atomic E-state index is -0.545. The highest BCUT2D eigenvalue weighted by Gasteiger charge is 2.23. The van der Waals surface area contributed by atoms with Crippen LogP contribution in [0.1, 0.15) is 22.8 Å². The normalized spacial score (nSPS) is 10.4. The van der Waals surface area contributed by atoms with Crippen molar-refractivity contribution in [1.29, 1.82) is 0 Å². The van der Waals surface area contributed by atoms with Crippen LogP contribution in [0.4, 0.5) is 23.0 Å². The molecule has 0 saturated carbocycles. The van der Waals surface area contributed by atoms with E-state index in [1.165, 1.54) is 13.3 Å². The van der Waals surface area contributed by atoms with E-state index in [9.17, 15) is 14.9 Å². The minimum absolute atomic E-state index is 0.0502. The molecule has 2 N–H and O–H groups in total. The van der Waals surface area contributed by atoms with Gasteiger partial charge in [-0.05, 0) is 48.9 Å². The van der Waals surface area contributed by atoms with Crippen LogP contribution in [0.2, 0.25) is 5.02 Å². The molecule has 9 heteroatoms. The lowest BCUT2D eigenvalue weighted by molar-refractivity contribution is -0.383. The zero-order valence-corrected chi connectivity index (χ0v) is 15.6. The number of carbonyl (C=O) groups excluding carboxylic acids is 1. The molecular weight excluding hydrogens is 382 g/mol. The monoisotopic (exact) mass is 397 g/mol. The Kier molecular flexibility index (Phi) is 5.81. The van der Waals surface area contributed by atoms with Crippen LogP contribution >= 0.6 is 11.6 Å². The first-order valence-corrected chi connectivity index (χ1v) is 8.67. The van der Waals surface area contributed by atoms with Gasteiger partial charge >= 0.3 is 5.69 Å². The molecule has 0 amide bonds. The second kappa shape index (κ2) is 8.45. The summed E-state index contributed by atoms with van der Waals surface area (Å²) in [5.74, 6) is 0.0836. The van der Waals surface area contributed by atoms with Crippen LogP contribution in [0.5, 0.6) is 0 Å². The van der Waals surface area contributed by atoms with Gasteiger partial charge in [0, 0.05) is 22.8 Å². The summed E-state index contributed by atoms with van der Waals surface area (Å²) in [7, 11) is 0. The van der Waals surface area contributed by atoms with E-state index in [0.29, 0.717) is 22.8 Å². The van der Waals surface area contributed by atoms with E-state index in [0.717, 1.165) is 5.56 Å². The maximum absolute atomic E-state index is 11.6. The van der Waals surface area contributed by atoms with Gasteiger partial charge in [0.05, 0.1) is 4.92 Å². The summed E-state index contributed by atoms with van der Waals surface area (Å²) < 4.78 is 0. The Balaban J connectivity index is 1.83. The van der Waals surface area contributed by atoms with E-state index < -0.39 is 4.92 Å². The molecule has 8 nitrogen and oxygen atoms in total. The minimum Gasteiger partial charge on any atom is -0.360 e. The average molecular weight is 398 g/mol. The molecule has 0 unspecified atom stereocenters. The van der Waals surface area contributed by atoms with Crippen LogP contribution in [0.25, 0.3) is 0 Å². The fraction of sp³-hybridized carbons (Fsp3) is 0.105. The number of hydrogen-bond acceptors (Lipinski definition) is 7. The van der Waals surface area contributed by atoms with E-state index in [-0.39, 0.29) is 23.1 Å². The van der Waals surface area contributed by atoms with Gasteiger partial charge in [-0.25, -0.2) is 9.97 Å². The summed E-state index contributed by atoms with van der Waals surface area (Å²) >= 11 is 5.86. The number of carbonyl (C=O) groups is 1. The van der Waals surface area contributed by atoms with Gasteiger partial charge in [-0.1, -0.05) is 23.7 Å². The van der Waals surface area contributed by atoms with Crippen molar-refractivity contribution < 1.29 is 9.72 Å². The summed E-state index contributed by atoms with van der Waals surface area (Å²) in [6.07, 6.45) is 1.24. The van der Waals surface area contributed by atoms with Gasteiger partial charge in [0.2, 0.25) is 11.6 Å². The van der Waals surface area contributed by atoms with Crippen molar-refractivity contribution >= 4 is 40.4 Å². The Labute approximate surface area is 165 Å². The van der Waals surface area contributed by atoms with Gasteiger partial charge in [0.1, 0.15) is 6.33 Å². The van der Waals surface area contributed by atoms with Crippen LogP contribution in [0, 0.1) is 10.1 Å². The quantitative estimate of drug-likeness (QED) is 0.340. The summed E-state index contributed by atoms with van der Waals surface area (Å²) in [6, 6.07) is 13.7. The largest absolute Gasteiger partial charge is 0.360 e. The molecule has 3 rings (SSSR count). The molecule has 0 saturated heterocycles. The number of nitrogens with zero attached hydrogens (tertiary/aromatic N) is 3. The van der Waals surface area contributed by atoms with Crippen LogP contribution in [0.3, 0.4) is 0 Å². The molecule has 3 aromatic rings. The SMILES string of the molecule is CC(=O)c1ccc(Nc2ncnc(NCc3ccc(Cl)cc3)c2[N+](=O)[O-])cc1. The fourth-order valence-corrected chi connectivity index (χ4v) is 2.61. The molecule has 142 valence electrons. The second-order valence-electron chi connectivity index (χ2n) is 5.92. The Morgan fingerprint density at radius 2 is 1.71 bits per heavy atom. The Morgan fingerprint density at radius 3 is 2.32 bits per heavy atom. The third kappa shape index (κ3) is 4.60. The highest BCUT2D eigenvalue weighted by Crippen LogP contribution is 2.31. The number of hydrogen-bond donors (Lipinski definition) is 2. The molecule has 28 heavy (non-hydrogen) atoms. The molecule has 1 aromatic heterocycles. The molecule has 0 radical (unpaired) electrons. The fourth-order valence-electron chi connectivity index (χ4n) is 2.49. The first kappa shape index (κ1) is 19.2. The summed E-state index contributed by atoms with van der Waals surface area (Å²) in [5.41, 5.74) is 1.74. The van der Waals surface area contributed by atoms with E-state index in [4.69, 9.17) is 11.6 Å². The van der Waals surface area contributed by atoms with Crippen molar-refractivity contribution in [3.05, 3.63) is 81.1 Å². The van der Waals surface area contributed by atoms with Gasteiger partial charge in [-0.2, -0.15) is 0 Å². The van der Waals surface area contributed by atoms with Crippen molar-refractivity contribution in [2.45, 2.75) is 13.5 Å². The number of halogens is 1. The zero-order chi connectivity index (χ0) is 20.1. The van der Waals surface area contributed by atoms with E-state index in [2.05, 4.69) is 20.6 Å². The number of rotatable bonds is 7. The third-order valence-electron chi connectivity index (χ3n) is 3.93. The number of Topliss-reactive ketones (excluding diaryl/α,β-unsaturated/α-hetero) is 1. The van der Waals surface area contributed by atoms with Gasteiger partial charge in [-0.15, -0.1) is 0 Å². The molecule has 1 heterocycles. The van der Waals surface area contributed by atoms with Gasteiger partial charge in [-0.3, -0.25) is 14.9 Å². The van der Waals surface area contributed by atoms with Crippen molar-refractivity contribution in [3.63, 3.8) is 0 Å². The average Bonchev–Trinajstić information content (AvgIpc) is 2.68. The van der Waals surface area contributed by atoms with E-state index in [1.807, 2.05) is 12.1 Å². The number of benzene rings is 2. The topological polar surface area (TPSA) is 110 Å². The Hall–Kier alpha value is -3.52. The molecule has 0 aliphatic carbocycles. The summed E-state index contributed by atoms with van der Waals surface area (Å²) in [4.78, 5) is 30.4. The molecule has 0 bridgehead atoms. The number of aromatic nitrogens is 2. The van der Waals surface area contributed by atoms with Crippen molar-refractivity contribution in [1.82, 2.24) is 9.97 Å². The van der Waals surface area contributed by atoms with Gasteiger partial charge in [0.25, 0.3) is 0 Å². The standard InChI is InChI=1S/C19H16ClN5O3/c1-12(26)14-4-8-16(9-5-14)24-19-17(25(27)28)18(22-11-23-19)21-10-13-2-6-15(20)7-3-13/h2-9,11H,10H2,1H3,(H2,21,22,23,24). The molecule has 0 atom stereocenters. The summed E-state index contributed by atoms with van der Waals surface area (Å²) in [6.45, 7) is 1.80. The lowest BCUT2D eigenvalue weighted by atomic mass is 10.1. The molecule has 0 aliphatic rings. The van der Waals surface area contributed by atoms with Gasteiger partial charge in [0.15, 0.2) is 5.78 Å². The lowest BCUT2D eigenvalue weighted by Crippen LogP contribution is -2.08. The van der Waals surface area contributed by atoms with Crippen LogP contribution < -0.4 is 10.6 Å². The molecule has 0 aliphatic heterocycles. The Bertz CT molecular complexity index is 1010. The van der Waals surface area contributed by atoms with E-state index >= 15 is 0 Å². The van der Waals surface area contributed by atoms with Gasteiger partial charge < -0.3 is 10.6 Å². The maximum atomic E-state index is 11.6. The van der Waals surface area contributed by atoms with Crippen molar-refractivity contribution in [2.75, 3.05) is 10.6 Å². The first-order chi connectivity index (χ1) is 13.4. The van der Waals surface area contributed by atoms with Crippen molar-refractivity contribution in [2.24, 2.45) is 0 Å². The molecular formula is C19H16ClN5O3. The maximum Gasteiger partial charge on any atom is 0.353 e. The van der Waals surface area contributed by atoms with Crippen LogP contribution in [-0.4, -0.2) is 20.7 Å². The highest BCUT2D eigenvalue weighted by atomic mass is 35.5. The van der Waals surface area contributed by atoms with Crippen molar-refractivity contribution in [3.8, 4) is 0 Å². The van der Waals surface area contributed by atoms with E-state index in [1.54, 1.807) is 36.4 Å². The second-order valence-corrected chi connectivity index (χ2v) is 6.35. The van der Waals surface area contributed by atoms with Crippen LogP contribution in [-0.2, 0) is 6.54 Å². The number of nitrogens with one attached hydrogen (secondary N) is 2. The predicted octanol–water partition coefficient (Wildman–Crippen LogP) is 4.60. The third-order valence-corrected chi connectivity index (χ3v) is 4.18. The zero-order valence-electron chi connectivity index (χ0n) is 14.8. The Morgan fingerprint density at radius 1 is 1.07 bits per heavy atom. The number of ketones is 1. The molecule has 0 fully saturated rings. The predicted molar refractivity (Wildman–Crippen MR) is 107 cm³/mol. The lowest BCUT2D eigenvalue weighted by Gasteiger charge is -2.10. The number of nitro groups is 1. The molecule has 0 spiro atoms. The number of anilines is 3. The van der Waals surface area contributed by atoms with Crippen LogP contribution in [0.15, 0.2) is 54.9 Å². The molecule has 2 aromatic carbocycles. The highest BCUT2D eigenvalue weighted by molar-refractivity contribution is 6.30.